The van der Waals surface area contributed by atoms with Crippen molar-refractivity contribution in [2.45, 2.75) is 0 Å². The lowest BCUT2D eigenvalue weighted by Gasteiger charge is -2.17. The van der Waals surface area contributed by atoms with Crippen LogP contribution in [0.1, 0.15) is 20.7 Å². The summed E-state index contributed by atoms with van der Waals surface area (Å²) in [6.07, 6.45) is 0. The molecule has 0 saturated carbocycles. The van der Waals surface area contributed by atoms with Crippen molar-refractivity contribution in [3.8, 4) is 0 Å². The van der Waals surface area contributed by atoms with Crippen LogP contribution in [0, 0.1) is 5.82 Å². The van der Waals surface area contributed by atoms with Crippen molar-refractivity contribution < 1.29 is 19.1 Å². The predicted molar refractivity (Wildman–Crippen MR) is 77.5 cm³/mol. The summed E-state index contributed by atoms with van der Waals surface area (Å²) in [4.78, 5) is 24.3. The van der Waals surface area contributed by atoms with Gasteiger partial charge in [0, 0.05) is 18.3 Å². The number of carboxylic acids is 1. The van der Waals surface area contributed by atoms with E-state index in [0.717, 1.165) is 6.07 Å². The second kappa shape index (κ2) is 5.93. The maximum atomic E-state index is 13.4. The first-order chi connectivity index (χ1) is 9.90. The summed E-state index contributed by atoms with van der Waals surface area (Å²) < 4.78 is 13.4. The largest absolute Gasteiger partial charge is 0.478 e. The Balaban J connectivity index is 2.25. The van der Waals surface area contributed by atoms with Gasteiger partial charge in [-0.15, -0.1) is 0 Å². The Morgan fingerprint density at radius 3 is 2.19 bits per heavy atom. The zero-order valence-corrected chi connectivity index (χ0v) is 11.8. The number of hydrogen-bond acceptors (Lipinski definition) is 2. The van der Waals surface area contributed by atoms with Crippen molar-refractivity contribution in [2.75, 3.05) is 11.9 Å². The van der Waals surface area contributed by atoms with E-state index in [1.54, 1.807) is 0 Å². The van der Waals surface area contributed by atoms with Gasteiger partial charge < -0.3 is 10.0 Å². The first-order valence-electron chi connectivity index (χ1n) is 5.96. The van der Waals surface area contributed by atoms with Crippen LogP contribution >= 0.6 is 11.6 Å². The van der Waals surface area contributed by atoms with Crippen LogP contribution in [0.25, 0.3) is 0 Å². The highest BCUT2D eigenvalue weighted by Gasteiger charge is 2.15. The second-order valence-electron chi connectivity index (χ2n) is 4.35. The smallest absolute Gasteiger partial charge is 0.335 e. The SMILES string of the molecule is CN(C(=O)c1ccc(Cl)c(F)c1)c1ccc(C(=O)O)cc1. The number of aromatic carboxylic acids is 1. The molecule has 0 aliphatic carbocycles. The maximum absolute atomic E-state index is 13.4. The number of carbonyl (C=O) groups is 2. The van der Waals surface area contributed by atoms with Crippen molar-refractivity contribution in [2.24, 2.45) is 0 Å². The number of hydrogen-bond donors (Lipinski definition) is 1. The molecule has 0 atom stereocenters. The topological polar surface area (TPSA) is 57.6 Å². The summed E-state index contributed by atoms with van der Waals surface area (Å²) >= 11 is 5.57. The number of benzene rings is 2. The highest BCUT2D eigenvalue weighted by molar-refractivity contribution is 6.30. The van der Waals surface area contributed by atoms with Gasteiger partial charge in [-0.25, -0.2) is 9.18 Å². The van der Waals surface area contributed by atoms with Crippen LogP contribution in [0.3, 0.4) is 0 Å². The molecule has 2 rings (SSSR count). The molecule has 6 heteroatoms. The molecule has 0 aliphatic heterocycles. The van der Waals surface area contributed by atoms with E-state index in [-0.39, 0.29) is 16.1 Å². The van der Waals surface area contributed by atoms with Gasteiger partial charge >= 0.3 is 5.97 Å². The van der Waals surface area contributed by atoms with Gasteiger partial charge in [-0.1, -0.05) is 11.6 Å². The fourth-order valence-electron chi connectivity index (χ4n) is 1.77. The Kier molecular flexibility index (Phi) is 4.23. The standard InChI is InChI=1S/C15H11ClFNO3/c1-18(11-5-2-9(3-6-11)15(20)21)14(19)10-4-7-12(16)13(17)8-10/h2-8H,1H3,(H,20,21). The van der Waals surface area contributed by atoms with Crippen molar-refractivity contribution >= 4 is 29.2 Å². The van der Waals surface area contributed by atoms with Crippen molar-refractivity contribution in [1.29, 1.82) is 0 Å². The molecular weight excluding hydrogens is 297 g/mol. The third kappa shape index (κ3) is 3.20. The molecule has 1 amide bonds. The third-order valence-corrected chi connectivity index (χ3v) is 3.28. The molecule has 0 fully saturated rings. The van der Waals surface area contributed by atoms with Gasteiger partial charge in [0.25, 0.3) is 5.91 Å². The normalized spacial score (nSPS) is 10.2. The number of halogens is 2. The molecule has 0 unspecified atom stereocenters. The van der Waals surface area contributed by atoms with Gasteiger partial charge in [0.15, 0.2) is 0 Å². The number of carbonyl (C=O) groups excluding carboxylic acids is 1. The Labute approximate surface area is 125 Å². The van der Waals surface area contributed by atoms with Crippen LogP contribution in [-0.2, 0) is 0 Å². The first kappa shape index (κ1) is 15.0. The average Bonchev–Trinajstić information content (AvgIpc) is 2.48. The quantitative estimate of drug-likeness (QED) is 0.945. The molecule has 0 aliphatic rings. The molecule has 108 valence electrons. The zero-order valence-electron chi connectivity index (χ0n) is 11.0. The van der Waals surface area contributed by atoms with E-state index < -0.39 is 17.7 Å². The minimum Gasteiger partial charge on any atom is -0.478 e. The van der Waals surface area contributed by atoms with Gasteiger partial charge in [0.1, 0.15) is 5.82 Å². The summed E-state index contributed by atoms with van der Waals surface area (Å²) in [5.74, 6) is -2.14. The highest BCUT2D eigenvalue weighted by Crippen LogP contribution is 2.20. The average molecular weight is 308 g/mol. The van der Waals surface area contributed by atoms with Gasteiger partial charge in [-0.3, -0.25) is 4.79 Å². The number of anilines is 1. The Bertz CT molecular complexity index is 701. The maximum Gasteiger partial charge on any atom is 0.335 e. The first-order valence-corrected chi connectivity index (χ1v) is 6.34. The number of amides is 1. The van der Waals surface area contributed by atoms with E-state index >= 15 is 0 Å². The Morgan fingerprint density at radius 2 is 1.67 bits per heavy atom. The van der Waals surface area contributed by atoms with E-state index in [2.05, 4.69) is 0 Å². The zero-order chi connectivity index (χ0) is 15.6. The van der Waals surface area contributed by atoms with E-state index in [1.165, 1.54) is 48.3 Å². The summed E-state index contributed by atoms with van der Waals surface area (Å²) in [5.41, 5.74) is 0.777. The van der Waals surface area contributed by atoms with E-state index in [0.29, 0.717) is 5.69 Å². The monoisotopic (exact) mass is 307 g/mol. The summed E-state index contributed by atoms with van der Waals surface area (Å²) in [6, 6.07) is 9.60. The van der Waals surface area contributed by atoms with Crippen LogP contribution < -0.4 is 4.90 Å². The molecule has 0 spiro atoms. The lowest BCUT2D eigenvalue weighted by atomic mass is 10.1. The van der Waals surface area contributed by atoms with Crippen molar-refractivity contribution in [1.82, 2.24) is 0 Å². The van der Waals surface area contributed by atoms with Gasteiger partial charge in [-0.2, -0.15) is 0 Å². The summed E-state index contributed by atoms with van der Waals surface area (Å²) in [5, 5.41) is 8.77. The molecule has 0 heterocycles. The number of carboxylic acid groups (broad SMARTS) is 1. The molecule has 0 bridgehead atoms. The molecule has 0 aromatic heterocycles. The molecule has 2 aromatic rings. The molecule has 2 aromatic carbocycles. The van der Waals surface area contributed by atoms with Gasteiger partial charge in [-0.05, 0) is 42.5 Å². The fourth-order valence-corrected chi connectivity index (χ4v) is 1.89. The lowest BCUT2D eigenvalue weighted by molar-refractivity contribution is 0.0696. The highest BCUT2D eigenvalue weighted by atomic mass is 35.5. The molecular formula is C15H11ClFNO3. The van der Waals surface area contributed by atoms with Crippen LogP contribution in [0.2, 0.25) is 5.02 Å². The summed E-state index contributed by atoms with van der Waals surface area (Å²) in [6.45, 7) is 0. The van der Waals surface area contributed by atoms with Gasteiger partial charge in [0.05, 0.1) is 10.6 Å². The third-order valence-electron chi connectivity index (χ3n) is 2.97. The van der Waals surface area contributed by atoms with E-state index in [9.17, 15) is 14.0 Å². The van der Waals surface area contributed by atoms with Crippen LogP contribution in [0.4, 0.5) is 10.1 Å². The second-order valence-corrected chi connectivity index (χ2v) is 4.75. The van der Waals surface area contributed by atoms with Crippen molar-refractivity contribution in [3.63, 3.8) is 0 Å². The summed E-state index contributed by atoms with van der Waals surface area (Å²) in [7, 11) is 1.52. The molecule has 0 radical (unpaired) electrons. The molecule has 4 nitrogen and oxygen atoms in total. The lowest BCUT2D eigenvalue weighted by Crippen LogP contribution is -2.26. The van der Waals surface area contributed by atoms with Crippen molar-refractivity contribution in [3.05, 3.63) is 64.4 Å². The Morgan fingerprint density at radius 1 is 1.10 bits per heavy atom. The minimum absolute atomic E-state index is 0.0555. The van der Waals surface area contributed by atoms with E-state index in [4.69, 9.17) is 16.7 Å². The van der Waals surface area contributed by atoms with Gasteiger partial charge in [0.2, 0.25) is 0 Å². The predicted octanol–water partition coefficient (Wildman–Crippen LogP) is 3.45. The van der Waals surface area contributed by atoms with Crippen LogP contribution in [-0.4, -0.2) is 24.0 Å². The fraction of sp³-hybridized carbons (Fsp3) is 0.0667. The molecule has 1 N–H and O–H groups in total. The van der Waals surface area contributed by atoms with Crippen LogP contribution in [0.15, 0.2) is 42.5 Å². The number of nitrogens with zero attached hydrogens (tertiary/aromatic N) is 1. The minimum atomic E-state index is -1.05. The number of rotatable bonds is 3. The molecule has 21 heavy (non-hydrogen) atoms. The Hall–Kier alpha value is -2.40. The van der Waals surface area contributed by atoms with E-state index in [1.807, 2.05) is 0 Å². The van der Waals surface area contributed by atoms with Crippen LogP contribution in [0.5, 0.6) is 0 Å². The molecule has 0 saturated heterocycles.